The third-order valence-corrected chi connectivity index (χ3v) is 3.40. The van der Waals surface area contributed by atoms with Crippen molar-refractivity contribution in [2.45, 2.75) is 38.0 Å². The summed E-state index contributed by atoms with van der Waals surface area (Å²) in [5, 5.41) is 0. The summed E-state index contributed by atoms with van der Waals surface area (Å²) in [5.74, 6) is -4.87. The topological polar surface area (TPSA) is 52.0 Å². The molecule has 0 radical (unpaired) electrons. The standard InChI is InChI=1S/C15H12F6N2.C3H8/c16-13(15(19,20)21,9-1-5-11(22)6-2-9)14(17,18)10-3-7-12(23)8-4-10;1-3-2/h1-8H,22-23H2;3H2,1-2H3. The molecule has 2 rings (SSSR count). The largest absolute Gasteiger partial charge is 0.433 e. The van der Waals surface area contributed by atoms with Gasteiger partial charge in [0.05, 0.1) is 0 Å². The minimum Gasteiger partial charge on any atom is -0.399 e. The molecule has 26 heavy (non-hydrogen) atoms. The van der Waals surface area contributed by atoms with Gasteiger partial charge in [-0.1, -0.05) is 44.5 Å². The Labute approximate surface area is 147 Å². The zero-order chi connectivity index (χ0) is 20.2. The first-order valence-corrected chi connectivity index (χ1v) is 7.77. The van der Waals surface area contributed by atoms with E-state index in [1.165, 1.54) is 6.42 Å². The predicted octanol–water partition coefficient (Wildman–Crippen LogP) is 5.79. The molecule has 2 nitrogen and oxygen atoms in total. The highest BCUT2D eigenvalue weighted by molar-refractivity contribution is 5.45. The van der Waals surface area contributed by atoms with Gasteiger partial charge in [0.15, 0.2) is 0 Å². The molecule has 0 aliphatic carbocycles. The van der Waals surface area contributed by atoms with Crippen molar-refractivity contribution < 1.29 is 26.3 Å². The number of nitrogens with two attached hydrogens (primary N) is 2. The fraction of sp³-hybridized carbons (Fsp3) is 0.333. The van der Waals surface area contributed by atoms with Crippen LogP contribution in [0.5, 0.6) is 0 Å². The second kappa shape index (κ2) is 7.88. The molecule has 0 spiro atoms. The summed E-state index contributed by atoms with van der Waals surface area (Å²) in [7, 11) is 0. The summed E-state index contributed by atoms with van der Waals surface area (Å²) in [4.78, 5) is 0. The van der Waals surface area contributed by atoms with E-state index >= 15 is 0 Å². The molecule has 144 valence electrons. The Kier molecular flexibility index (Phi) is 6.57. The van der Waals surface area contributed by atoms with Crippen LogP contribution in [0.2, 0.25) is 0 Å². The highest BCUT2D eigenvalue weighted by atomic mass is 19.4. The van der Waals surface area contributed by atoms with Crippen LogP contribution >= 0.6 is 0 Å². The van der Waals surface area contributed by atoms with Crippen LogP contribution in [0.25, 0.3) is 0 Å². The zero-order valence-corrected chi connectivity index (χ0v) is 14.2. The lowest BCUT2D eigenvalue weighted by Gasteiger charge is -2.35. The van der Waals surface area contributed by atoms with Gasteiger partial charge < -0.3 is 11.5 Å². The maximum Gasteiger partial charge on any atom is 0.433 e. The fourth-order valence-electron chi connectivity index (χ4n) is 2.13. The highest BCUT2D eigenvalue weighted by Crippen LogP contribution is 2.57. The number of halogens is 6. The molecule has 0 amide bonds. The average Bonchev–Trinajstić information content (AvgIpc) is 2.54. The van der Waals surface area contributed by atoms with Gasteiger partial charge in [0, 0.05) is 22.5 Å². The summed E-state index contributed by atoms with van der Waals surface area (Å²) in [5.41, 5.74) is 3.43. The van der Waals surface area contributed by atoms with Crippen molar-refractivity contribution in [2.75, 3.05) is 11.5 Å². The van der Waals surface area contributed by atoms with Crippen LogP contribution in [-0.2, 0) is 11.6 Å². The van der Waals surface area contributed by atoms with E-state index in [0.29, 0.717) is 24.3 Å². The van der Waals surface area contributed by atoms with Crippen LogP contribution in [0.1, 0.15) is 31.4 Å². The molecule has 0 aliphatic rings. The normalized spacial score (nSPS) is 14.2. The van der Waals surface area contributed by atoms with Crippen LogP contribution in [0, 0.1) is 0 Å². The molecule has 0 heterocycles. The maximum absolute atomic E-state index is 14.8. The second-order valence-corrected chi connectivity index (χ2v) is 5.68. The molecule has 1 atom stereocenters. The third kappa shape index (κ3) is 4.05. The van der Waals surface area contributed by atoms with Crippen molar-refractivity contribution in [3.05, 3.63) is 59.7 Å². The van der Waals surface area contributed by atoms with Gasteiger partial charge in [-0.15, -0.1) is 0 Å². The molecule has 0 aliphatic heterocycles. The summed E-state index contributed by atoms with van der Waals surface area (Å²) < 4.78 is 83.4. The average molecular weight is 378 g/mol. The van der Waals surface area contributed by atoms with Gasteiger partial charge in [-0.05, 0) is 24.3 Å². The van der Waals surface area contributed by atoms with E-state index in [1.54, 1.807) is 0 Å². The number of alkyl halides is 6. The van der Waals surface area contributed by atoms with Gasteiger partial charge in [-0.25, -0.2) is 4.39 Å². The Bertz CT molecular complexity index is 695. The molecular weight excluding hydrogens is 358 g/mol. The first kappa shape index (κ1) is 21.7. The lowest BCUT2D eigenvalue weighted by molar-refractivity contribution is -0.314. The van der Waals surface area contributed by atoms with Crippen molar-refractivity contribution in [2.24, 2.45) is 0 Å². The summed E-state index contributed by atoms with van der Waals surface area (Å²) in [6, 6.07) is 6.30. The van der Waals surface area contributed by atoms with Gasteiger partial charge in [0.25, 0.3) is 5.67 Å². The van der Waals surface area contributed by atoms with Crippen molar-refractivity contribution in [3.8, 4) is 0 Å². The summed E-state index contributed by atoms with van der Waals surface area (Å²) in [6.07, 6.45) is -4.60. The van der Waals surface area contributed by atoms with Gasteiger partial charge >= 0.3 is 12.1 Å². The highest BCUT2D eigenvalue weighted by Gasteiger charge is 2.72. The summed E-state index contributed by atoms with van der Waals surface area (Å²) in [6.45, 7) is 4.25. The first-order chi connectivity index (χ1) is 11.9. The lowest BCUT2D eigenvalue weighted by atomic mass is 9.84. The number of hydrogen-bond acceptors (Lipinski definition) is 2. The smallest absolute Gasteiger partial charge is 0.399 e. The Morgan fingerprint density at radius 1 is 0.654 bits per heavy atom. The number of hydrogen-bond donors (Lipinski definition) is 2. The SMILES string of the molecule is CCC.Nc1ccc(C(F)(F)C(F)(c2ccc(N)cc2)C(F)(F)F)cc1. The predicted molar refractivity (Wildman–Crippen MR) is 90.4 cm³/mol. The number of nitrogen functional groups attached to an aromatic ring is 2. The lowest BCUT2D eigenvalue weighted by Crippen LogP contribution is -2.51. The van der Waals surface area contributed by atoms with Crippen molar-refractivity contribution in [1.82, 2.24) is 0 Å². The Morgan fingerprint density at radius 3 is 1.27 bits per heavy atom. The molecule has 0 saturated carbocycles. The van der Waals surface area contributed by atoms with Crippen LogP contribution in [0.4, 0.5) is 37.7 Å². The zero-order valence-electron chi connectivity index (χ0n) is 14.2. The van der Waals surface area contributed by atoms with E-state index < -0.39 is 28.9 Å². The van der Waals surface area contributed by atoms with E-state index in [9.17, 15) is 26.3 Å². The molecule has 2 aromatic rings. The first-order valence-electron chi connectivity index (χ1n) is 7.77. The second-order valence-electron chi connectivity index (χ2n) is 5.68. The number of anilines is 2. The number of rotatable bonds is 3. The van der Waals surface area contributed by atoms with E-state index in [1.807, 2.05) is 0 Å². The van der Waals surface area contributed by atoms with E-state index in [2.05, 4.69) is 13.8 Å². The van der Waals surface area contributed by atoms with E-state index in [0.717, 1.165) is 24.3 Å². The van der Waals surface area contributed by atoms with Crippen molar-refractivity contribution >= 4 is 11.4 Å². The Morgan fingerprint density at radius 2 is 0.962 bits per heavy atom. The van der Waals surface area contributed by atoms with Crippen LogP contribution < -0.4 is 11.5 Å². The molecule has 8 heteroatoms. The van der Waals surface area contributed by atoms with Crippen LogP contribution in [0.3, 0.4) is 0 Å². The fourth-order valence-corrected chi connectivity index (χ4v) is 2.13. The molecule has 2 aromatic carbocycles. The van der Waals surface area contributed by atoms with E-state index in [4.69, 9.17) is 11.5 Å². The van der Waals surface area contributed by atoms with Gasteiger partial charge in [0.1, 0.15) is 0 Å². The summed E-state index contributed by atoms with van der Waals surface area (Å²) >= 11 is 0. The monoisotopic (exact) mass is 378 g/mol. The molecule has 0 saturated heterocycles. The van der Waals surface area contributed by atoms with Crippen molar-refractivity contribution in [3.63, 3.8) is 0 Å². The number of benzene rings is 2. The molecule has 0 fully saturated rings. The van der Waals surface area contributed by atoms with Crippen molar-refractivity contribution in [1.29, 1.82) is 0 Å². The third-order valence-electron chi connectivity index (χ3n) is 3.40. The molecular formula is C18H20F6N2. The van der Waals surface area contributed by atoms with Gasteiger partial charge in [-0.3, -0.25) is 0 Å². The molecule has 4 N–H and O–H groups in total. The quantitative estimate of drug-likeness (QED) is 0.525. The molecule has 0 aromatic heterocycles. The Balaban J connectivity index is 0.00000105. The minimum absolute atomic E-state index is 0.0223. The van der Waals surface area contributed by atoms with Crippen LogP contribution in [0.15, 0.2) is 48.5 Å². The minimum atomic E-state index is -5.85. The maximum atomic E-state index is 14.8. The van der Waals surface area contributed by atoms with Crippen LogP contribution in [-0.4, -0.2) is 6.18 Å². The van der Waals surface area contributed by atoms with E-state index in [-0.39, 0.29) is 11.4 Å². The molecule has 0 bridgehead atoms. The van der Waals surface area contributed by atoms with Gasteiger partial charge in [0.2, 0.25) is 0 Å². The molecule has 1 unspecified atom stereocenters. The Hall–Kier alpha value is -2.38. The van der Waals surface area contributed by atoms with Gasteiger partial charge in [-0.2, -0.15) is 22.0 Å².